The number of carbonyl (C=O) groups excluding carboxylic acids is 1. The highest BCUT2D eigenvalue weighted by molar-refractivity contribution is 5.95. The van der Waals surface area contributed by atoms with Gasteiger partial charge in [0, 0.05) is 25.1 Å². The van der Waals surface area contributed by atoms with Crippen LogP contribution in [0.3, 0.4) is 0 Å². The van der Waals surface area contributed by atoms with Crippen LogP contribution < -0.4 is 5.32 Å². The number of para-hydroxylation sites is 2. The van der Waals surface area contributed by atoms with Gasteiger partial charge in [-0.2, -0.15) is 0 Å². The monoisotopic (exact) mass is 369 g/mol. The molecule has 3 aromatic carbocycles. The molecule has 0 saturated heterocycles. The Morgan fingerprint density at radius 1 is 0.929 bits per heavy atom. The van der Waals surface area contributed by atoms with Crippen LogP contribution in [0.4, 0.5) is 0 Å². The summed E-state index contributed by atoms with van der Waals surface area (Å²) in [5, 5.41) is 3.03. The fourth-order valence-electron chi connectivity index (χ4n) is 3.47. The Hall–Kier alpha value is -3.40. The molecule has 1 heterocycles. The lowest BCUT2D eigenvalue weighted by Crippen LogP contribution is -2.27. The molecule has 0 unspecified atom stereocenters. The van der Waals surface area contributed by atoms with Crippen LogP contribution in [-0.2, 0) is 13.0 Å². The van der Waals surface area contributed by atoms with E-state index in [4.69, 9.17) is 4.98 Å². The van der Waals surface area contributed by atoms with Crippen molar-refractivity contribution in [2.75, 3.05) is 6.54 Å². The summed E-state index contributed by atoms with van der Waals surface area (Å²) in [6.45, 7) is 3.27. The fraction of sp³-hybridized carbons (Fsp3) is 0.167. The Balaban J connectivity index is 1.53. The zero-order chi connectivity index (χ0) is 19.3. The van der Waals surface area contributed by atoms with Crippen molar-refractivity contribution in [3.63, 3.8) is 0 Å². The molecule has 140 valence electrons. The van der Waals surface area contributed by atoms with Crippen molar-refractivity contribution in [2.45, 2.75) is 19.9 Å². The van der Waals surface area contributed by atoms with Gasteiger partial charge in [0.05, 0.1) is 11.0 Å². The van der Waals surface area contributed by atoms with E-state index in [0.29, 0.717) is 13.0 Å². The number of nitrogens with one attached hydrogen (secondary N) is 1. The molecular weight excluding hydrogens is 346 g/mol. The van der Waals surface area contributed by atoms with E-state index in [1.807, 2.05) is 55.5 Å². The Morgan fingerprint density at radius 3 is 2.46 bits per heavy atom. The Labute approximate surface area is 164 Å². The van der Waals surface area contributed by atoms with E-state index in [1.165, 1.54) is 5.56 Å². The van der Waals surface area contributed by atoms with Gasteiger partial charge < -0.3 is 9.88 Å². The predicted octanol–water partition coefficient (Wildman–Crippen LogP) is 4.37. The highest BCUT2D eigenvalue weighted by Gasteiger charge is 2.12. The van der Waals surface area contributed by atoms with Crippen molar-refractivity contribution in [1.82, 2.24) is 14.9 Å². The quantitative estimate of drug-likeness (QED) is 0.549. The van der Waals surface area contributed by atoms with Crippen molar-refractivity contribution < 1.29 is 4.79 Å². The standard InChI is InChI=1S/C24H23N3O/c1-18-9-5-6-12-20(18)24(28)25-16-15-23-26-21-13-7-8-14-22(21)27(23)17-19-10-3-2-4-11-19/h2-14H,15-17H2,1H3,(H,25,28). The molecule has 0 aliphatic heterocycles. The molecule has 4 nitrogen and oxygen atoms in total. The van der Waals surface area contributed by atoms with Gasteiger partial charge in [0.1, 0.15) is 5.82 Å². The molecule has 1 N–H and O–H groups in total. The van der Waals surface area contributed by atoms with Gasteiger partial charge in [-0.15, -0.1) is 0 Å². The number of nitrogens with zero attached hydrogens (tertiary/aromatic N) is 2. The summed E-state index contributed by atoms with van der Waals surface area (Å²) in [7, 11) is 0. The normalized spacial score (nSPS) is 10.9. The molecule has 28 heavy (non-hydrogen) atoms. The molecule has 4 heteroatoms. The summed E-state index contributed by atoms with van der Waals surface area (Å²) in [5.41, 5.74) is 5.04. The van der Waals surface area contributed by atoms with E-state index in [-0.39, 0.29) is 5.91 Å². The summed E-state index contributed by atoms with van der Waals surface area (Å²) < 4.78 is 2.24. The number of imidazole rings is 1. The second-order valence-corrected chi connectivity index (χ2v) is 6.91. The molecule has 0 fully saturated rings. The Morgan fingerprint density at radius 2 is 1.64 bits per heavy atom. The Kier molecular flexibility index (Phi) is 5.20. The second-order valence-electron chi connectivity index (χ2n) is 6.91. The maximum Gasteiger partial charge on any atom is 0.251 e. The number of benzene rings is 3. The number of rotatable bonds is 6. The summed E-state index contributed by atoms with van der Waals surface area (Å²) in [4.78, 5) is 17.3. The van der Waals surface area contributed by atoms with Crippen LogP contribution in [0.5, 0.6) is 0 Å². The summed E-state index contributed by atoms with van der Waals surface area (Å²) in [6, 6.07) is 26.2. The maximum absolute atomic E-state index is 12.5. The summed E-state index contributed by atoms with van der Waals surface area (Å²) in [6.07, 6.45) is 0.680. The SMILES string of the molecule is Cc1ccccc1C(=O)NCCc1nc2ccccc2n1Cc1ccccc1. The van der Waals surface area contributed by atoms with Crippen molar-refractivity contribution in [3.8, 4) is 0 Å². The summed E-state index contributed by atoms with van der Waals surface area (Å²) in [5.74, 6) is 0.943. The number of amides is 1. The van der Waals surface area contributed by atoms with Crippen LogP contribution in [0, 0.1) is 6.92 Å². The van der Waals surface area contributed by atoms with Crippen LogP contribution in [0.2, 0.25) is 0 Å². The van der Waals surface area contributed by atoms with E-state index >= 15 is 0 Å². The maximum atomic E-state index is 12.5. The van der Waals surface area contributed by atoms with Crippen LogP contribution >= 0.6 is 0 Å². The molecule has 0 atom stereocenters. The van der Waals surface area contributed by atoms with Gasteiger partial charge in [0.25, 0.3) is 5.91 Å². The lowest BCUT2D eigenvalue weighted by molar-refractivity contribution is 0.0953. The molecule has 4 rings (SSSR count). The number of fused-ring (bicyclic) bond motifs is 1. The van der Waals surface area contributed by atoms with E-state index in [2.05, 4.69) is 40.2 Å². The van der Waals surface area contributed by atoms with Gasteiger partial charge in [0.15, 0.2) is 0 Å². The van der Waals surface area contributed by atoms with Gasteiger partial charge in [-0.25, -0.2) is 4.98 Å². The first-order chi connectivity index (χ1) is 13.7. The van der Waals surface area contributed by atoms with Crippen LogP contribution in [0.1, 0.15) is 27.3 Å². The average molecular weight is 369 g/mol. The van der Waals surface area contributed by atoms with E-state index < -0.39 is 0 Å². The van der Waals surface area contributed by atoms with Crippen LogP contribution in [0.25, 0.3) is 11.0 Å². The highest BCUT2D eigenvalue weighted by atomic mass is 16.1. The lowest BCUT2D eigenvalue weighted by Gasteiger charge is -2.11. The third kappa shape index (κ3) is 3.81. The fourth-order valence-corrected chi connectivity index (χ4v) is 3.47. The molecule has 0 bridgehead atoms. The largest absolute Gasteiger partial charge is 0.352 e. The van der Waals surface area contributed by atoms with Crippen LogP contribution in [0.15, 0.2) is 78.9 Å². The first-order valence-electron chi connectivity index (χ1n) is 9.54. The van der Waals surface area contributed by atoms with Gasteiger partial charge in [-0.05, 0) is 36.2 Å². The molecule has 0 aliphatic carbocycles. The highest BCUT2D eigenvalue weighted by Crippen LogP contribution is 2.18. The number of hydrogen-bond acceptors (Lipinski definition) is 2. The third-order valence-electron chi connectivity index (χ3n) is 4.94. The van der Waals surface area contributed by atoms with E-state index in [9.17, 15) is 4.79 Å². The molecule has 0 saturated carbocycles. The minimum absolute atomic E-state index is 0.0381. The summed E-state index contributed by atoms with van der Waals surface area (Å²) >= 11 is 0. The first kappa shape index (κ1) is 18.0. The predicted molar refractivity (Wildman–Crippen MR) is 112 cm³/mol. The van der Waals surface area contributed by atoms with Crippen molar-refractivity contribution in [1.29, 1.82) is 0 Å². The minimum Gasteiger partial charge on any atom is -0.352 e. The first-order valence-corrected chi connectivity index (χ1v) is 9.54. The molecule has 1 aromatic heterocycles. The molecule has 0 spiro atoms. The van der Waals surface area contributed by atoms with E-state index in [1.54, 1.807) is 0 Å². The molecule has 0 radical (unpaired) electrons. The van der Waals surface area contributed by atoms with Gasteiger partial charge in [0.2, 0.25) is 0 Å². The van der Waals surface area contributed by atoms with Crippen LogP contribution in [-0.4, -0.2) is 22.0 Å². The lowest BCUT2D eigenvalue weighted by atomic mass is 10.1. The van der Waals surface area contributed by atoms with E-state index in [0.717, 1.165) is 34.5 Å². The average Bonchev–Trinajstić information content (AvgIpc) is 3.06. The zero-order valence-electron chi connectivity index (χ0n) is 15.9. The number of aromatic nitrogens is 2. The second kappa shape index (κ2) is 8.09. The topological polar surface area (TPSA) is 46.9 Å². The zero-order valence-corrected chi connectivity index (χ0v) is 15.9. The van der Waals surface area contributed by atoms with Gasteiger partial charge in [-0.3, -0.25) is 4.79 Å². The number of carbonyl (C=O) groups is 1. The third-order valence-corrected chi connectivity index (χ3v) is 4.94. The Bertz CT molecular complexity index is 1100. The molecule has 0 aliphatic rings. The van der Waals surface area contributed by atoms with Gasteiger partial charge in [-0.1, -0.05) is 60.7 Å². The molecule has 4 aromatic rings. The van der Waals surface area contributed by atoms with Crippen molar-refractivity contribution in [2.24, 2.45) is 0 Å². The molecule has 1 amide bonds. The number of hydrogen-bond donors (Lipinski definition) is 1. The van der Waals surface area contributed by atoms with Gasteiger partial charge >= 0.3 is 0 Å². The van der Waals surface area contributed by atoms with Crippen molar-refractivity contribution >= 4 is 16.9 Å². The molecular formula is C24H23N3O. The minimum atomic E-state index is -0.0381. The smallest absolute Gasteiger partial charge is 0.251 e. The van der Waals surface area contributed by atoms with Crippen molar-refractivity contribution in [3.05, 3.63) is 101 Å². The number of aryl methyl sites for hydroxylation is 1.